The zero-order valence-electron chi connectivity index (χ0n) is 17.1. The van der Waals surface area contributed by atoms with Crippen molar-refractivity contribution in [2.24, 2.45) is 0 Å². The molecule has 0 unspecified atom stereocenters. The lowest BCUT2D eigenvalue weighted by molar-refractivity contribution is 0.101. The summed E-state index contributed by atoms with van der Waals surface area (Å²) in [6.45, 7) is 7.98. The van der Waals surface area contributed by atoms with Gasteiger partial charge in [0.2, 0.25) is 0 Å². The fourth-order valence-corrected chi connectivity index (χ4v) is 2.83. The second-order valence-corrected chi connectivity index (χ2v) is 7.98. The maximum Gasteiger partial charge on any atom is 0.274 e. The molecular weight excluding hydrogens is 362 g/mol. The Morgan fingerprint density at radius 3 is 2.14 bits per heavy atom. The van der Waals surface area contributed by atoms with Crippen molar-refractivity contribution in [3.63, 3.8) is 0 Å². The molecule has 0 bridgehead atoms. The lowest BCUT2D eigenvalue weighted by Gasteiger charge is -2.19. The molecular formula is C24H25N3O2. The number of carbonyl (C=O) groups excluding carboxylic acids is 2. The van der Waals surface area contributed by atoms with Gasteiger partial charge in [0, 0.05) is 16.9 Å². The number of aromatic nitrogens is 1. The largest absolute Gasteiger partial charge is 0.354 e. The molecule has 3 aromatic rings. The number of amides is 1. The van der Waals surface area contributed by atoms with Gasteiger partial charge in [-0.05, 0) is 54.3 Å². The molecule has 0 aliphatic rings. The molecule has 1 heterocycles. The first kappa shape index (κ1) is 20.3. The number of carbonyl (C=O) groups is 2. The van der Waals surface area contributed by atoms with Gasteiger partial charge < -0.3 is 10.6 Å². The molecule has 3 rings (SSSR count). The Bertz CT molecular complexity index is 1020. The van der Waals surface area contributed by atoms with E-state index < -0.39 is 0 Å². The molecule has 29 heavy (non-hydrogen) atoms. The number of hydrogen-bond donors (Lipinski definition) is 2. The Morgan fingerprint density at radius 1 is 0.862 bits per heavy atom. The molecule has 1 aromatic heterocycles. The van der Waals surface area contributed by atoms with E-state index in [9.17, 15) is 9.59 Å². The lowest BCUT2D eigenvalue weighted by Crippen LogP contribution is -2.14. The van der Waals surface area contributed by atoms with E-state index in [0.29, 0.717) is 11.3 Å². The second-order valence-electron chi connectivity index (χ2n) is 7.98. The van der Waals surface area contributed by atoms with Crippen molar-refractivity contribution in [3.05, 3.63) is 83.7 Å². The molecule has 148 valence electrons. The Morgan fingerprint density at radius 2 is 1.55 bits per heavy atom. The fourth-order valence-electron chi connectivity index (χ4n) is 2.83. The first-order chi connectivity index (χ1) is 13.7. The predicted octanol–water partition coefficient (Wildman–Crippen LogP) is 5.58. The summed E-state index contributed by atoms with van der Waals surface area (Å²) in [4.78, 5) is 28.2. The van der Waals surface area contributed by atoms with Gasteiger partial charge in [-0.1, -0.05) is 45.0 Å². The van der Waals surface area contributed by atoms with Crippen LogP contribution in [0, 0.1) is 0 Å². The van der Waals surface area contributed by atoms with Crippen LogP contribution in [0.5, 0.6) is 0 Å². The summed E-state index contributed by atoms with van der Waals surface area (Å²) in [5.41, 5.74) is 4.49. The van der Waals surface area contributed by atoms with Crippen molar-refractivity contribution >= 4 is 28.8 Å². The highest BCUT2D eigenvalue weighted by Crippen LogP contribution is 2.24. The summed E-state index contributed by atoms with van der Waals surface area (Å²) in [5.74, 6) is -0.257. The standard InChI is InChI=1S/C24H25N3O2/c1-16(28)17-6-5-7-20(14-17)26-21-12-13-22(25-15-21)23(29)27-19-10-8-18(9-11-19)24(2,3)4/h5-15,26H,1-4H3,(H,27,29). The van der Waals surface area contributed by atoms with Gasteiger partial charge >= 0.3 is 0 Å². The van der Waals surface area contributed by atoms with E-state index in [0.717, 1.165) is 17.1 Å². The van der Waals surface area contributed by atoms with Crippen LogP contribution >= 0.6 is 0 Å². The van der Waals surface area contributed by atoms with E-state index in [1.54, 1.807) is 30.5 Å². The molecule has 1 amide bonds. The number of Topliss-reactive ketones (excluding diaryl/α,β-unsaturated/α-hetero) is 1. The molecule has 5 nitrogen and oxygen atoms in total. The molecule has 0 saturated heterocycles. The molecule has 0 saturated carbocycles. The van der Waals surface area contributed by atoms with E-state index in [1.807, 2.05) is 36.4 Å². The van der Waals surface area contributed by atoms with Crippen LogP contribution in [0.15, 0.2) is 66.9 Å². The molecule has 5 heteroatoms. The molecule has 2 N–H and O–H groups in total. The monoisotopic (exact) mass is 387 g/mol. The number of ketones is 1. The van der Waals surface area contributed by atoms with Crippen LogP contribution in [0.4, 0.5) is 17.1 Å². The summed E-state index contributed by atoms with van der Waals surface area (Å²) >= 11 is 0. The maximum absolute atomic E-state index is 12.5. The Hall–Kier alpha value is -3.47. The molecule has 0 fully saturated rings. The van der Waals surface area contributed by atoms with E-state index in [4.69, 9.17) is 0 Å². The van der Waals surface area contributed by atoms with Gasteiger partial charge in [-0.3, -0.25) is 9.59 Å². The third-order valence-electron chi connectivity index (χ3n) is 4.56. The summed E-state index contributed by atoms with van der Waals surface area (Å²) in [7, 11) is 0. The summed E-state index contributed by atoms with van der Waals surface area (Å²) < 4.78 is 0. The molecule has 0 aliphatic heterocycles. The van der Waals surface area contributed by atoms with Crippen molar-refractivity contribution in [2.45, 2.75) is 33.1 Å². The van der Waals surface area contributed by atoms with Gasteiger partial charge in [-0.2, -0.15) is 0 Å². The second kappa shape index (κ2) is 8.27. The van der Waals surface area contributed by atoms with Gasteiger partial charge in [0.1, 0.15) is 5.69 Å². The van der Waals surface area contributed by atoms with Crippen molar-refractivity contribution in [2.75, 3.05) is 10.6 Å². The minimum atomic E-state index is -0.265. The van der Waals surface area contributed by atoms with Gasteiger partial charge in [0.05, 0.1) is 11.9 Å². The average Bonchev–Trinajstić information content (AvgIpc) is 2.68. The minimum absolute atomic E-state index is 0.00864. The van der Waals surface area contributed by atoms with Crippen LogP contribution in [0.2, 0.25) is 0 Å². The number of nitrogens with one attached hydrogen (secondary N) is 2. The molecule has 0 aliphatic carbocycles. The number of benzene rings is 2. The van der Waals surface area contributed by atoms with Crippen LogP contribution in [0.3, 0.4) is 0 Å². The zero-order chi connectivity index (χ0) is 21.0. The normalized spacial score (nSPS) is 11.0. The fraction of sp³-hybridized carbons (Fsp3) is 0.208. The minimum Gasteiger partial charge on any atom is -0.354 e. The molecule has 0 spiro atoms. The SMILES string of the molecule is CC(=O)c1cccc(Nc2ccc(C(=O)Nc3ccc(C(C)(C)C)cc3)nc2)c1. The van der Waals surface area contributed by atoms with Gasteiger partial charge in [-0.25, -0.2) is 4.98 Å². The van der Waals surface area contributed by atoms with Crippen molar-refractivity contribution in [3.8, 4) is 0 Å². The summed E-state index contributed by atoms with van der Waals surface area (Å²) in [6.07, 6.45) is 1.60. The lowest BCUT2D eigenvalue weighted by atomic mass is 9.87. The highest BCUT2D eigenvalue weighted by Gasteiger charge is 2.14. The topological polar surface area (TPSA) is 71.1 Å². The van der Waals surface area contributed by atoms with E-state index in [2.05, 4.69) is 36.4 Å². The average molecular weight is 387 g/mol. The quantitative estimate of drug-likeness (QED) is 0.561. The number of rotatable bonds is 5. The Kier molecular flexibility index (Phi) is 5.78. The van der Waals surface area contributed by atoms with Crippen LogP contribution in [-0.2, 0) is 5.41 Å². The van der Waals surface area contributed by atoms with E-state index in [1.165, 1.54) is 12.5 Å². The van der Waals surface area contributed by atoms with Crippen molar-refractivity contribution < 1.29 is 9.59 Å². The molecule has 0 radical (unpaired) electrons. The van der Waals surface area contributed by atoms with Crippen LogP contribution in [0.25, 0.3) is 0 Å². The van der Waals surface area contributed by atoms with E-state index >= 15 is 0 Å². The maximum atomic E-state index is 12.5. The van der Waals surface area contributed by atoms with Gasteiger partial charge in [-0.15, -0.1) is 0 Å². The van der Waals surface area contributed by atoms with Crippen molar-refractivity contribution in [1.29, 1.82) is 0 Å². The summed E-state index contributed by atoms with van der Waals surface area (Å²) in [6, 6.07) is 18.5. The number of anilines is 3. The predicted molar refractivity (Wildman–Crippen MR) is 117 cm³/mol. The van der Waals surface area contributed by atoms with Crippen molar-refractivity contribution in [1.82, 2.24) is 4.98 Å². The number of nitrogens with zero attached hydrogens (tertiary/aromatic N) is 1. The molecule has 0 atom stereocenters. The third kappa shape index (κ3) is 5.29. The van der Waals surface area contributed by atoms with E-state index in [-0.39, 0.29) is 17.1 Å². The summed E-state index contributed by atoms with van der Waals surface area (Å²) in [5, 5.41) is 6.06. The van der Waals surface area contributed by atoms with Gasteiger partial charge in [0.15, 0.2) is 5.78 Å². The van der Waals surface area contributed by atoms with Crippen LogP contribution < -0.4 is 10.6 Å². The van der Waals surface area contributed by atoms with Crippen LogP contribution in [0.1, 0.15) is 54.1 Å². The number of pyridine rings is 1. The highest BCUT2D eigenvalue weighted by atomic mass is 16.2. The van der Waals surface area contributed by atoms with Crippen LogP contribution in [-0.4, -0.2) is 16.7 Å². The first-order valence-electron chi connectivity index (χ1n) is 9.48. The smallest absolute Gasteiger partial charge is 0.274 e. The third-order valence-corrected chi connectivity index (χ3v) is 4.56. The van der Waals surface area contributed by atoms with Gasteiger partial charge in [0.25, 0.3) is 5.91 Å². The number of hydrogen-bond acceptors (Lipinski definition) is 4. The Labute approximate surface area is 171 Å². The Balaban J connectivity index is 1.66. The first-order valence-corrected chi connectivity index (χ1v) is 9.48. The zero-order valence-corrected chi connectivity index (χ0v) is 17.1. The highest BCUT2D eigenvalue weighted by molar-refractivity contribution is 6.03. The molecule has 2 aromatic carbocycles.